The highest BCUT2D eigenvalue weighted by Gasteiger charge is 2.57. The Bertz CT molecular complexity index is 559. The molecule has 0 radical (unpaired) electrons. The first-order valence-electron chi connectivity index (χ1n) is 7.88. The summed E-state index contributed by atoms with van der Waals surface area (Å²) in [4.78, 5) is 12.4. The van der Waals surface area contributed by atoms with Gasteiger partial charge in [0.25, 0.3) is 0 Å². The van der Waals surface area contributed by atoms with Crippen molar-refractivity contribution in [2.24, 2.45) is 11.3 Å². The van der Waals surface area contributed by atoms with Gasteiger partial charge in [-0.15, -0.1) is 12.4 Å². The van der Waals surface area contributed by atoms with E-state index < -0.39 is 0 Å². The van der Waals surface area contributed by atoms with Gasteiger partial charge in [0, 0.05) is 18.0 Å². The first-order chi connectivity index (χ1) is 10.7. The number of nitrogens with one attached hydrogen (secondary N) is 2. The Morgan fingerprint density at radius 3 is 2.70 bits per heavy atom. The van der Waals surface area contributed by atoms with Crippen LogP contribution >= 0.6 is 12.4 Å². The zero-order valence-electron chi connectivity index (χ0n) is 13.7. The average molecular weight is 341 g/mol. The Morgan fingerprint density at radius 2 is 2.04 bits per heavy atom. The molecular weight excluding hydrogens is 316 g/mol. The van der Waals surface area contributed by atoms with Crippen LogP contribution < -0.4 is 20.1 Å². The molecule has 0 bridgehead atoms. The number of carbonyl (C=O) groups excluding carboxylic acids is 1. The third kappa shape index (κ3) is 3.72. The molecule has 1 saturated carbocycles. The molecule has 1 aliphatic heterocycles. The summed E-state index contributed by atoms with van der Waals surface area (Å²) < 4.78 is 10.6. The van der Waals surface area contributed by atoms with Crippen LogP contribution in [0, 0.1) is 11.3 Å². The van der Waals surface area contributed by atoms with Gasteiger partial charge in [0.1, 0.15) is 11.5 Å². The average Bonchev–Trinajstić information content (AvgIpc) is 3.26. The lowest BCUT2D eigenvalue weighted by atomic mass is 9.92. The Morgan fingerprint density at radius 1 is 1.30 bits per heavy atom. The summed E-state index contributed by atoms with van der Waals surface area (Å²) in [6.07, 6.45) is 3.27. The van der Waals surface area contributed by atoms with Crippen LogP contribution in [-0.4, -0.2) is 33.2 Å². The number of hydrogen-bond acceptors (Lipinski definition) is 4. The zero-order valence-corrected chi connectivity index (χ0v) is 14.5. The number of ether oxygens (including phenoxy) is 2. The molecule has 23 heavy (non-hydrogen) atoms. The van der Waals surface area contributed by atoms with Crippen LogP contribution in [0.1, 0.15) is 24.8 Å². The molecule has 1 spiro atoms. The van der Waals surface area contributed by atoms with Gasteiger partial charge in [-0.25, -0.2) is 0 Å². The number of piperidine rings is 1. The second-order valence-electron chi connectivity index (χ2n) is 6.26. The largest absolute Gasteiger partial charge is 0.497 e. The molecule has 1 aromatic carbocycles. The molecule has 1 atom stereocenters. The molecule has 2 N–H and O–H groups in total. The van der Waals surface area contributed by atoms with Crippen molar-refractivity contribution in [1.29, 1.82) is 0 Å². The predicted molar refractivity (Wildman–Crippen MR) is 91.3 cm³/mol. The zero-order chi connectivity index (χ0) is 15.6. The lowest BCUT2D eigenvalue weighted by Gasteiger charge is -2.23. The number of hydrogen-bond donors (Lipinski definition) is 2. The lowest BCUT2D eigenvalue weighted by Crippen LogP contribution is -2.33. The fraction of sp³-hybridized carbons (Fsp3) is 0.588. The minimum absolute atomic E-state index is 0. The standard InChI is InChI=1S/C17H24N2O3.ClH/c1-21-13-3-4-15(22-2)12(9-13)11-19-16(20)14-10-17(14)5-7-18-8-6-17;/h3-4,9,14,18H,5-8,10-11H2,1-2H3,(H,19,20);1H. The monoisotopic (exact) mass is 340 g/mol. The second kappa shape index (κ2) is 7.41. The van der Waals surface area contributed by atoms with Gasteiger partial charge in [0.2, 0.25) is 5.91 Å². The highest BCUT2D eigenvalue weighted by Crippen LogP contribution is 2.58. The topological polar surface area (TPSA) is 59.6 Å². The van der Waals surface area contributed by atoms with Gasteiger partial charge >= 0.3 is 0 Å². The van der Waals surface area contributed by atoms with Gasteiger partial charge in [-0.2, -0.15) is 0 Å². The highest BCUT2D eigenvalue weighted by atomic mass is 35.5. The number of carbonyl (C=O) groups is 1. The molecule has 1 aromatic rings. The van der Waals surface area contributed by atoms with Crippen molar-refractivity contribution in [2.75, 3.05) is 27.3 Å². The summed E-state index contributed by atoms with van der Waals surface area (Å²) in [5.74, 6) is 1.90. The van der Waals surface area contributed by atoms with Crippen LogP contribution in [0.4, 0.5) is 0 Å². The van der Waals surface area contributed by atoms with E-state index in [0.29, 0.717) is 6.54 Å². The van der Waals surface area contributed by atoms with Crippen molar-refractivity contribution < 1.29 is 14.3 Å². The van der Waals surface area contributed by atoms with Crippen LogP contribution in [0.15, 0.2) is 18.2 Å². The van der Waals surface area contributed by atoms with E-state index in [2.05, 4.69) is 10.6 Å². The molecule has 0 aromatic heterocycles. The summed E-state index contributed by atoms with van der Waals surface area (Å²) in [5, 5.41) is 6.43. The van der Waals surface area contributed by atoms with E-state index in [9.17, 15) is 4.79 Å². The number of amides is 1. The van der Waals surface area contributed by atoms with E-state index in [-0.39, 0.29) is 29.6 Å². The third-order valence-corrected chi connectivity index (χ3v) is 5.05. The molecule has 1 amide bonds. The van der Waals surface area contributed by atoms with Crippen LogP contribution in [0.25, 0.3) is 0 Å². The molecule has 2 fully saturated rings. The molecular formula is C17H25ClN2O3. The first kappa shape index (κ1) is 17.9. The first-order valence-corrected chi connectivity index (χ1v) is 7.88. The van der Waals surface area contributed by atoms with Crippen molar-refractivity contribution >= 4 is 18.3 Å². The smallest absolute Gasteiger partial charge is 0.223 e. The van der Waals surface area contributed by atoms with Gasteiger partial charge in [-0.3, -0.25) is 4.79 Å². The van der Waals surface area contributed by atoms with Gasteiger partial charge < -0.3 is 20.1 Å². The van der Waals surface area contributed by atoms with E-state index >= 15 is 0 Å². The Balaban J connectivity index is 0.00000192. The Labute approximate surface area is 143 Å². The van der Waals surface area contributed by atoms with Crippen molar-refractivity contribution in [3.05, 3.63) is 23.8 Å². The van der Waals surface area contributed by atoms with Crippen LogP contribution in [-0.2, 0) is 11.3 Å². The molecule has 1 aliphatic carbocycles. The van der Waals surface area contributed by atoms with Crippen LogP contribution in [0.5, 0.6) is 11.5 Å². The number of rotatable bonds is 5. The fourth-order valence-electron chi connectivity index (χ4n) is 3.52. The van der Waals surface area contributed by atoms with Gasteiger partial charge in [0.15, 0.2) is 0 Å². The van der Waals surface area contributed by atoms with Crippen molar-refractivity contribution in [3.8, 4) is 11.5 Å². The molecule has 5 nitrogen and oxygen atoms in total. The number of methoxy groups -OCH3 is 2. The summed E-state index contributed by atoms with van der Waals surface area (Å²) in [5.41, 5.74) is 1.21. The van der Waals surface area contributed by atoms with E-state index in [1.54, 1.807) is 14.2 Å². The minimum atomic E-state index is 0. The molecule has 1 heterocycles. The highest BCUT2D eigenvalue weighted by molar-refractivity contribution is 5.85. The molecule has 3 rings (SSSR count). The SMILES string of the molecule is COc1ccc(OC)c(CNC(=O)C2CC23CCNCC3)c1.Cl. The van der Waals surface area contributed by atoms with Gasteiger partial charge in [-0.1, -0.05) is 0 Å². The maximum atomic E-state index is 12.4. The van der Waals surface area contributed by atoms with Crippen molar-refractivity contribution in [1.82, 2.24) is 10.6 Å². The Kier molecular flexibility index (Phi) is 5.76. The van der Waals surface area contributed by atoms with E-state index in [0.717, 1.165) is 49.4 Å². The quantitative estimate of drug-likeness (QED) is 0.862. The van der Waals surface area contributed by atoms with E-state index in [1.807, 2.05) is 18.2 Å². The minimum Gasteiger partial charge on any atom is -0.497 e. The van der Waals surface area contributed by atoms with Gasteiger partial charge in [-0.05, 0) is 56.0 Å². The molecule has 1 saturated heterocycles. The lowest BCUT2D eigenvalue weighted by molar-refractivity contribution is -0.123. The summed E-state index contributed by atoms with van der Waals surface area (Å²) >= 11 is 0. The molecule has 6 heteroatoms. The van der Waals surface area contributed by atoms with Gasteiger partial charge in [0.05, 0.1) is 14.2 Å². The normalized spacial score (nSPS) is 21.2. The molecule has 128 valence electrons. The number of halogens is 1. The van der Waals surface area contributed by atoms with Crippen molar-refractivity contribution in [2.45, 2.75) is 25.8 Å². The second-order valence-corrected chi connectivity index (χ2v) is 6.26. The van der Waals surface area contributed by atoms with E-state index in [1.165, 1.54) is 0 Å². The molecule has 2 aliphatic rings. The maximum absolute atomic E-state index is 12.4. The molecule has 1 unspecified atom stereocenters. The predicted octanol–water partition coefficient (Wildman–Crippen LogP) is 2.13. The van der Waals surface area contributed by atoms with E-state index in [4.69, 9.17) is 9.47 Å². The van der Waals surface area contributed by atoms with Crippen LogP contribution in [0.3, 0.4) is 0 Å². The summed E-state index contributed by atoms with van der Waals surface area (Å²) in [6.45, 7) is 2.55. The maximum Gasteiger partial charge on any atom is 0.223 e. The van der Waals surface area contributed by atoms with Crippen LogP contribution in [0.2, 0.25) is 0 Å². The Hall–Kier alpha value is -1.46. The summed E-state index contributed by atoms with van der Waals surface area (Å²) in [7, 11) is 3.27. The summed E-state index contributed by atoms with van der Waals surface area (Å²) in [6, 6.07) is 5.63. The third-order valence-electron chi connectivity index (χ3n) is 5.05. The fourth-order valence-corrected chi connectivity index (χ4v) is 3.52. The van der Waals surface area contributed by atoms with Crippen molar-refractivity contribution in [3.63, 3.8) is 0 Å². The number of benzene rings is 1.